The number of carbonyl (C=O) groups is 1. The molecule has 0 aliphatic carbocycles. The number of allylic oxidation sites excluding steroid dienone is 2. The van der Waals surface area contributed by atoms with Gasteiger partial charge in [-0.1, -0.05) is 13.0 Å². The largest absolute Gasteiger partial charge is 0.294 e. The van der Waals surface area contributed by atoms with Gasteiger partial charge < -0.3 is 0 Å². The summed E-state index contributed by atoms with van der Waals surface area (Å²) in [7, 11) is 0. The molecule has 0 spiro atoms. The highest BCUT2D eigenvalue weighted by Crippen LogP contribution is 1.77. The lowest BCUT2D eigenvalue weighted by Gasteiger charge is -1.72. The zero-order valence-electron chi connectivity index (χ0n) is 4.69. The van der Waals surface area contributed by atoms with Crippen LogP contribution < -0.4 is 0 Å². The van der Waals surface area contributed by atoms with Gasteiger partial charge in [-0.15, -0.1) is 0 Å². The lowest BCUT2D eigenvalue weighted by atomic mass is 10.3. The molecule has 39 valence electrons. The number of ketones is 1. The molecule has 0 aliphatic rings. The van der Waals surface area contributed by atoms with Gasteiger partial charge >= 0.3 is 0 Å². The van der Waals surface area contributed by atoms with E-state index in [9.17, 15) is 4.79 Å². The highest BCUT2D eigenvalue weighted by molar-refractivity contribution is 5.82. The third-order valence-corrected chi connectivity index (χ3v) is 0.509. The van der Waals surface area contributed by atoms with Gasteiger partial charge in [-0.05, 0) is 13.3 Å². The van der Waals surface area contributed by atoms with Gasteiger partial charge in [-0.3, -0.25) is 4.79 Å². The molecule has 0 amide bonds. The molecule has 0 bridgehead atoms. The summed E-state index contributed by atoms with van der Waals surface area (Å²) in [4.78, 5) is 10.1. The van der Waals surface area contributed by atoms with Crippen LogP contribution in [0.25, 0.3) is 0 Å². The number of hydrogen-bond donors (Lipinski definition) is 0. The minimum absolute atomic E-state index is 0.00171. The first-order chi connectivity index (χ1) is 3.27. The van der Waals surface area contributed by atoms with Gasteiger partial charge in [0.2, 0.25) is 0 Å². The molecule has 0 aliphatic heterocycles. The molecule has 1 heteroatoms. The van der Waals surface area contributed by atoms with E-state index in [1.807, 2.05) is 6.92 Å². The van der Waals surface area contributed by atoms with Gasteiger partial charge in [-0.2, -0.15) is 0 Å². The third kappa shape index (κ3) is 5.41. The van der Waals surface area contributed by atoms with E-state index in [0.717, 1.165) is 6.42 Å². The van der Waals surface area contributed by atoms with Crippen molar-refractivity contribution in [1.29, 1.82) is 0 Å². The molecule has 0 saturated carbocycles. The molecule has 0 aromatic carbocycles. The Kier molecular flexibility index (Phi) is 3.29. The summed E-state index contributed by atoms with van der Waals surface area (Å²) < 4.78 is 0. The lowest BCUT2D eigenvalue weighted by Crippen LogP contribution is -1.79. The van der Waals surface area contributed by atoms with Crippen molar-refractivity contribution in [3.05, 3.63) is 12.2 Å². The lowest BCUT2D eigenvalue weighted by molar-refractivity contribution is -0.113. The van der Waals surface area contributed by atoms with Crippen molar-refractivity contribution < 1.29 is 4.79 Å². The first-order valence-electron chi connectivity index (χ1n) is 2.36. The van der Waals surface area contributed by atoms with Crippen molar-refractivity contribution in [1.82, 2.24) is 0 Å². The van der Waals surface area contributed by atoms with Crippen molar-refractivity contribution in [2.24, 2.45) is 0 Å². The smallest absolute Gasteiger partial charge is 0.160 e. The highest BCUT2D eigenvalue weighted by Gasteiger charge is 1.77. The first kappa shape index (κ1) is 6.41. The van der Waals surface area contributed by atoms with Crippen LogP contribution in [0.5, 0.6) is 0 Å². The van der Waals surface area contributed by atoms with Crippen molar-refractivity contribution in [3.8, 4) is 0 Å². The standard InChI is InChI=1S/C6H9O/c1-3-4-5-6(2)7/h4H,3H2,1-2H3. The Labute approximate surface area is 44.0 Å². The maximum absolute atomic E-state index is 10.1. The third-order valence-electron chi connectivity index (χ3n) is 0.509. The molecule has 0 atom stereocenters. The number of hydrogen-bond acceptors (Lipinski definition) is 1. The highest BCUT2D eigenvalue weighted by atomic mass is 16.1. The second-order valence-electron chi connectivity index (χ2n) is 1.31. The van der Waals surface area contributed by atoms with Crippen LogP contribution in [0.15, 0.2) is 6.08 Å². The first-order valence-corrected chi connectivity index (χ1v) is 2.36. The van der Waals surface area contributed by atoms with Crippen LogP contribution in [0.4, 0.5) is 0 Å². The predicted molar refractivity (Wildman–Crippen MR) is 28.8 cm³/mol. The molecule has 7 heavy (non-hydrogen) atoms. The summed E-state index contributed by atoms with van der Waals surface area (Å²) in [5.74, 6) is 0.00171. The van der Waals surface area contributed by atoms with Gasteiger partial charge in [0.25, 0.3) is 0 Å². The molecule has 0 N–H and O–H groups in total. The predicted octanol–water partition coefficient (Wildman–Crippen LogP) is 1.34. The average Bonchev–Trinajstić information content (AvgIpc) is 1.61. The van der Waals surface area contributed by atoms with E-state index in [2.05, 4.69) is 6.08 Å². The number of Topliss-reactive ketones (excluding diaryl/α,β-unsaturated/α-hetero) is 1. The summed E-state index contributed by atoms with van der Waals surface area (Å²) in [6.07, 6.45) is 5.14. The monoisotopic (exact) mass is 97.1 g/mol. The van der Waals surface area contributed by atoms with Crippen LogP contribution in [0.1, 0.15) is 20.3 Å². The Balaban J connectivity index is 3.26. The number of rotatable bonds is 2. The van der Waals surface area contributed by atoms with Gasteiger partial charge in [-0.25, -0.2) is 0 Å². The van der Waals surface area contributed by atoms with E-state index < -0.39 is 0 Å². The zero-order chi connectivity index (χ0) is 5.70. The normalized spacial score (nSPS) is 10.0. The van der Waals surface area contributed by atoms with E-state index in [4.69, 9.17) is 0 Å². The Morgan fingerprint density at radius 2 is 2.43 bits per heavy atom. The van der Waals surface area contributed by atoms with Crippen LogP contribution in [-0.2, 0) is 4.79 Å². The quantitative estimate of drug-likeness (QED) is 0.475. The fourth-order valence-electron chi connectivity index (χ4n) is 0.246. The summed E-state index contributed by atoms with van der Waals surface area (Å²) in [6, 6.07) is 0. The van der Waals surface area contributed by atoms with Crippen LogP contribution in [-0.4, -0.2) is 5.78 Å². The molecule has 0 fully saturated rings. The van der Waals surface area contributed by atoms with Gasteiger partial charge in [0.15, 0.2) is 5.78 Å². The molecule has 0 unspecified atom stereocenters. The molecular weight excluding hydrogens is 88.1 g/mol. The average molecular weight is 97.1 g/mol. The Bertz CT molecular complexity index is 82.2. The maximum atomic E-state index is 10.1. The second kappa shape index (κ2) is 3.59. The molecule has 0 saturated heterocycles. The van der Waals surface area contributed by atoms with E-state index in [1.54, 1.807) is 6.08 Å². The van der Waals surface area contributed by atoms with Crippen molar-refractivity contribution >= 4 is 5.78 Å². The van der Waals surface area contributed by atoms with Crippen LogP contribution in [0, 0.1) is 6.08 Å². The fraction of sp³-hybridized carbons (Fsp3) is 0.500. The molecule has 0 aromatic heterocycles. The molecule has 0 aromatic rings. The summed E-state index contributed by atoms with van der Waals surface area (Å²) in [5.41, 5.74) is 0. The van der Waals surface area contributed by atoms with Crippen molar-refractivity contribution in [3.63, 3.8) is 0 Å². The molecule has 1 radical (unpaired) electrons. The number of carbonyl (C=O) groups excluding carboxylic acids is 1. The van der Waals surface area contributed by atoms with Gasteiger partial charge in [0.05, 0.1) is 0 Å². The molecule has 0 heterocycles. The second-order valence-corrected chi connectivity index (χ2v) is 1.31. The SMILES string of the molecule is CCC=[C]C(C)=O. The van der Waals surface area contributed by atoms with E-state index >= 15 is 0 Å². The van der Waals surface area contributed by atoms with E-state index in [-0.39, 0.29) is 5.78 Å². The molecule has 1 nitrogen and oxygen atoms in total. The zero-order valence-corrected chi connectivity index (χ0v) is 4.69. The van der Waals surface area contributed by atoms with E-state index in [1.165, 1.54) is 6.92 Å². The maximum Gasteiger partial charge on any atom is 0.160 e. The Morgan fingerprint density at radius 1 is 1.86 bits per heavy atom. The Hall–Kier alpha value is -0.590. The fourth-order valence-corrected chi connectivity index (χ4v) is 0.246. The van der Waals surface area contributed by atoms with Crippen LogP contribution in [0.2, 0.25) is 0 Å². The van der Waals surface area contributed by atoms with Crippen LogP contribution in [0.3, 0.4) is 0 Å². The van der Waals surface area contributed by atoms with Crippen molar-refractivity contribution in [2.75, 3.05) is 0 Å². The minimum Gasteiger partial charge on any atom is -0.294 e. The minimum atomic E-state index is 0.00171. The van der Waals surface area contributed by atoms with Gasteiger partial charge in [0, 0.05) is 6.08 Å². The summed E-state index contributed by atoms with van der Waals surface area (Å²) in [5, 5.41) is 0. The van der Waals surface area contributed by atoms with Gasteiger partial charge in [0.1, 0.15) is 0 Å². The molecular formula is C6H9O. The Morgan fingerprint density at radius 3 is 2.57 bits per heavy atom. The van der Waals surface area contributed by atoms with Crippen molar-refractivity contribution in [2.45, 2.75) is 20.3 Å². The van der Waals surface area contributed by atoms with Crippen LogP contribution >= 0.6 is 0 Å². The molecule has 0 rings (SSSR count). The summed E-state index contributed by atoms with van der Waals surface area (Å²) >= 11 is 0. The van der Waals surface area contributed by atoms with E-state index in [0.29, 0.717) is 0 Å². The topological polar surface area (TPSA) is 17.1 Å². The summed E-state index contributed by atoms with van der Waals surface area (Å²) in [6.45, 7) is 3.46.